The molecule has 0 amide bonds. The second-order valence-corrected chi connectivity index (χ2v) is 5.73. The predicted molar refractivity (Wildman–Crippen MR) is 74.4 cm³/mol. The molecule has 1 N–H and O–H groups in total. The number of aliphatic hydroxyl groups is 1. The molecule has 18 heavy (non-hydrogen) atoms. The highest BCUT2D eigenvalue weighted by atomic mass is 32.1. The molecule has 2 heterocycles. The molecule has 0 bridgehead atoms. The van der Waals surface area contributed by atoms with E-state index in [9.17, 15) is 0 Å². The number of β-amino-alcohol motifs (C(OH)–C–C–N with tert-alkyl or cyclic N) is 1. The van der Waals surface area contributed by atoms with Gasteiger partial charge in [0.15, 0.2) is 0 Å². The summed E-state index contributed by atoms with van der Waals surface area (Å²) < 4.78 is 4.41. The van der Waals surface area contributed by atoms with E-state index < -0.39 is 0 Å². The Morgan fingerprint density at radius 2 is 2.11 bits per heavy atom. The van der Waals surface area contributed by atoms with Crippen molar-refractivity contribution in [3.05, 3.63) is 5.82 Å². The molecule has 0 aliphatic carbocycles. The molecule has 1 saturated heterocycles. The fraction of sp³-hybridized carbons (Fsp3) is 0.833. The number of aliphatic hydroxyl groups excluding tert-OH is 1. The highest BCUT2D eigenvalue weighted by Gasteiger charge is 2.18. The Hall–Kier alpha value is -0.720. The van der Waals surface area contributed by atoms with Gasteiger partial charge in [-0.1, -0.05) is 13.8 Å². The van der Waals surface area contributed by atoms with Gasteiger partial charge in [-0.3, -0.25) is 4.90 Å². The average Bonchev–Trinajstić information content (AvgIpc) is 2.72. The van der Waals surface area contributed by atoms with Crippen LogP contribution in [0.2, 0.25) is 0 Å². The summed E-state index contributed by atoms with van der Waals surface area (Å²) in [5.74, 6) is 1.35. The maximum atomic E-state index is 8.98. The highest BCUT2D eigenvalue weighted by Crippen LogP contribution is 2.22. The highest BCUT2D eigenvalue weighted by molar-refractivity contribution is 7.09. The first-order valence-corrected chi connectivity index (χ1v) is 7.40. The van der Waals surface area contributed by atoms with E-state index in [1.165, 1.54) is 11.5 Å². The second kappa shape index (κ2) is 6.45. The van der Waals surface area contributed by atoms with Crippen LogP contribution in [0.4, 0.5) is 5.13 Å². The van der Waals surface area contributed by atoms with Crippen LogP contribution in [0, 0.1) is 0 Å². The number of hydrogen-bond donors (Lipinski definition) is 1. The van der Waals surface area contributed by atoms with Crippen LogP contribution >= 0.6 is 11.5 Å². The van der Waals surface area contributed by atoms with Gasteiger partial charge < -0.3 is 10.0 Å². The Bertz CT molecular complexity index is 369. The summed E-state index contributed by atoms with van der Waals surface area (Å²) >= 11 is 1.51. The molecule has 0 spiro atoms. The standard InChI is InChI=1S/C12H22N4OS/c1-10(2)11-13-12(18-14-11)16-5-3-4-15(6-7-16)8-9-17/h10,17H,3-9H2,1-2H3. The molecule has 0 atom stereocenters. The number of nitrogens with zero attached hydrogens (tertiary/aromatic N) is 4. The molecule has 0 unspecified atom stereocenters. The summed E-state index contributed by atoms with van der Waals surface area (Å²) in [7, 11) is 0. The lowest BCUT2D eigenvalue weighted by atomic mass is 10.2. The van der Waals surface area contributed by atoms with E-state index in [0.717, 1.165) is 50.1 Å². The molecule has 1 aliphatic rings. The Kier molecular flexibility index (Phi) is 4.91. The molecule has 102 valence electrons. The first-order valence-electron chi connectivity index (χ1n) is 6.62. The van der Waals surface area contributed by atoms with E-state index in [2.05, 4.69) is 33.0 Å². The molecule has 0 saturated carbocycles. The van der Waals surface area contributed by atoms with Gasteiger partial charge in [-0.2, -0.15) is 4.37 Å². The van der Waals surface area contributed by atoms with Crippen LogP contribution in [0.3, 0.4) is 0 Å². The minimum atomic E-state index is 0.246. The van der Waals surface area contributed by atoms with Crippen molar-refractivity contribution in [3.8, 4) is 0 Å². The van der Waals surface area contributed by atoms with Gasteiger partial charge in [-0.15, -0.1) is 0 Å². The van der Waals surface area contributed by atoms with Crippen molar-refractivity contribution < 1.29 is 5.11 Å². The summed E-state index contributed by atoms with van der Waals surface area (Å²) in [6, 6.07) is 0. The molecule has 1 aromatic heterocycles. The normalized spacial score (nSPS) is 18.3. The van der Waals surface area contributed by atoms with Gasteiger partial charge in [-0.05, 0) is 13.0 Å². The predicted octanol–water partition coefficient (Wildman–Crippen LogP) is 1.17. The van der Waals surface area contributed by atoms with E-state index in [4.69, 9.17) is 5.11 Å². The zero-order chi connectivity index (χ0) is 13.0. The van der Waals surface area contributed by atoms with Gasteiger partial charge in [0.1, 0.15) is 5.82 Å². The van der Waals surface area contributed by atoms with Crippen LogP contribution in [-0.2, 0) is 0 Å². The second-order valence-electron chi connectivity index (χ2n) is 5.00. The summed E-state index contributed by atoms with van der Waals surface area (Å²) in [5.41, 5.74) is 0. The molecular formula is C12H22N4OS. The molecule has 5 nitrogen and oxygen atoms in total. The molecule has 1 aromatic rings. The number of anilines is 1. The lowest BCUT2D eigenvalue weighted by Gasteiger charge is -2.20. The smallest absolute Gasteiger partial charge is 0.205 e. The Balaban J connectivity index is 1.96. The van der Waals surface area contributed by atoms with E-state index >= 15 is 0 Å². The monoisotopic (exact) mass is 270 g/mol. The Morgan fingerprint density at radius 1 is 1.28 bits per heavy atom. The third-order valence-electron chi connectivity index (χ3n) is 3.22. The van der Waals surface area contributed by atoms with Crippen molar-refractivity contribution in [3.63, 3.8) is 0 Å². The molecule has 0 aromatic carbocycles. The molecule has 2 rings (SSSR count). The van der Waals surface area contributed by atoms with Crippen molar-refractivity contribution in [2.75, 3.05) is 44.2 Å². The maximum absolute atomic E-state index is 8.98. The third kappa shape index (κ3) is 3.40. The van der Waals surface area contributed by atoms with Crippen molar-refractivity contribution in [1.29, 1.82) is 0 Å². The molecule has 6 heteroatoms. The number of aromatic nitrogens is 2. The SMILES string of the molecule is CC(C)c1nsc(N2CCCN(CCO)CC2)n1. The number of rotatable bonds is 4. The van der Waals surface area contributed by atoms with Gasteiger partial charge in [0, 0.05) is 43.6 Å². The van der Waals surface area contributed by atoms with Crippen molar-refractivity contribution >= 4 is 16.7 Å². The molecule has 1 aliphatic heterocycles. The lowest BCUT2D eigenvalue weighted by Crippen LogP contribution is -2.32. The summed E-state index contributed by atoms with van der Waals surface area (Å²) in [4.78, 5) is 9.24. The van der Waals surface area contributed by atoms with Crippen LogP contribution < -0.4 is 4.90 Å². The van der Waals surface area contributed by atoms with Crippen molar-refractivity contribution in [2.24, 2.45) is 0 Å². The summed E-state index contributed by atoms with van der Waals surface area (Å²) in [6.07, 6.45) is 1.12. The van der Waals surface area contributed by atoms with E-state index in [-0.39, 0.29) is 6.61 Å². The van der Waals surface area contributed by atoms with E-state index in [1.807, 2.05) is 0 Å². The zero-order valence-electron chi connectivity index (χ0n) is 11.2. The first kappa shape index (κ1) is 13.7. The average molecular weight is 270 g/mol. The minimum Gasteiger partial charge on any atom is -0.395 e. The van der Waals surface area contributed by atoms with Gasteiger partial charge in [0.05, 0.1) is 6.61 Å². The van der Waals surface area contributed by atoms with Gasteiger partial charge in [0.2, 0.25) is 5.13 Å². The van der Waals surface area contributed by atoms with Gasteiger partial charge in [0.25, 0.3) is 0 Å². The Morgan fingerprint density at radius 3 is 2.78 bits per heavy atom. The summed E-state index contributed by atoms with van der Waals surface area (Å²) in [6.45, 7) is 9.34. The third-order valence-corrected chi connectivity index (χ3v) is 4.01. The fourth-order valence-corrected chi connectivity index (χ4v) is 2.98. The van der Waals surface area contributed by atoms with Gasteiger partial charge in [-0.25, -0.2) is 4.98 Å². The van der Waals surface area contributed by atoms with Crippen LogP contribution in [0.5, 0.6) is 0 Å². The molecule has 0 radical (unpaired) electrons. The maximum Gasteiger partial charge on any atom is 0.205 e. The van der Waals surface area contributed by atoms with E-state index in [0.29, 0.717) is 5.92 Å². The van der Waals surface area contributed by atoms with Crippen molar-refractivity contribution in [2.45, 2.75) is 26.2 Å². The molecule has 1 fully saturated rings. The van der Waals surface area contributed by atoms with Crippen LogP contribution in [0.15, 0.2) is 0 Å². The van der Waals surface area contributed by atoms with Crippen molar-refractivity contribution in [1.82, 2.24) is 14.3 Å². The number of hydrogen-bond acceptors (Lipinski definition) is 6. The van der Waals surface area contributed by atoms with Crippen LogP contribution in [0.25, 0.3) is 0 Å². The first-order chi connectivity index (χ1) is 8.70. The minimum absolute atomic E-state index is 0.246. The zero-order valence-corrected chi connectivity index (χ0v) is 12.0. The topological polar surface area (TPSA) is 52.5 Å². The quantitative estimate of drug-likeness (QED) is 0.890. The van der Waals surface area contributed by atoms with Crippen LogP contribution in [-0.4, -0.2) is 58.7 Å². The Labute approximate surface area is 113 Å². The largest absolute Gasteiger partial charge is 0.395 e. The van der Waals surface area contributed by atoms with E-state index in [1.54, 1.807) is 0 Å². The van der Waals surface area contributed by atoms with Crippen LogP contribution in [0.1, 0.15) is 32.0 Å². The summed E-state index contributed by atoms with van der Waals surface area (Å²) in [5, 5.41) is 10.0. The fourth-order valence-electron chi connectivity index (χ4n) is 2.12. The van der Waals surface area contributed by atoms with Gasteiger partial charge >= 0.3 is 0 Å². The molecular weight excluding hydrogens is 248 g/mol. The lowest BCUT2D eigenvalue weighted by molar-refractivity contribution is 0.204.